The minimum atomic E-state index is -4.76. The summed E-state index contributed by atoms with van der Waals surface area (Å²) in [6.07, 6.45) is -5.98. The van der Waals surface area contributed by atoms with Crippen LogP contribution in [0.25, 0.3) is 16.6 Å². The van der Waals surface area contributed by atoms with Crippen molar-refractivity contribution in [2.24, 2.45) is 0 Å². The zero-order chi connectivity index (χ0) is 38.1. The van der Waals surface area contributed by atoms with Gasteiger partial charge in [0, 0.05) is 12.6 Å². The second-order valence-corrected chi connectivity index (χ2v) is 18.0. The highest BCUT2D eigenvalue weighted by molar-refractivity contribution is 6.99. The first-order valence-corrected chi connectivity index (χ1v) is 19.0. The van der Waals surface area contributed by atoms with Gasteiger partial charge in [0.05, 0.1) is 22.8 Å². The number of rotatable bonds is 11. The second kappa shape index (κ2) is 14.8. The van der Waals surface area contributed by atoms with E-state index in [1.807, 2.05) is 36.4 Å². The smallest absolute Gasteiger partial charge is 0.425 e. The standard InChI is InChI=1S/C38H36ClF4N5O4Si/c1-6-47-32(22-50-53(37(3,4)5,26-14-9-7-10-15-26)27-16-11-8-12-17-27)46-48(36(47)49)25-20-30-33(31(21-25)51-24(2)38(41,42)43)35(45-23-44-30)52-34-28(39)18-13-19-29(34)40/h7-21,23-24H,6,22H2,1-5H3/t24-/m0/s1. The van der Waals surface area contributed by atoms with E-state index in [1.54, 1.807) is 6.92 Å². The Hall–Kier alpha value is -5.05. The Kier molecular flexibility index (Phi) is 10.5. The molecule has 15 heteroatoms. The summed E-state index contributed by atoms with van der Waals surface area (Å²) in [6.45, 7) is 9.17. The highest BCUT2D eigenvalue weighted by Gasteiger charge is 2.50. The van der Waals surface area contributed by atoms with E-state index in [9.17, 15) is 22.4 Å². The van der Waals surface area contributed by atoms with Gasteiger partial charge >= 0.3 is 11.9 Å². The fourth-order valence-electron chi connectivity index (χ4n) is 6.30. The molecule has 9 nitrogen and oxygen atoms in total. The Morgan fingerprint density at radius 2 is 1.55 bits per heavy atom. The molecular formula is C38H36ClF4N5O4Si. The minimum Gasteiger partial charge on any atom is -0.480 e. The summed E-state index contributed by atoms with van der Waals surface area (Å²) in [5.74, 6) is -1.61. The zero-order valence-electron chi connectivity index (χ0n) is 29.5. The molecule has 0 bridgehead atoms. The molecule has 0 radical (unpaired) electrons. The van der Waals surface area contributed by atoms with Gasteiger partial charge in [-0.2, -0.15) is 17.9 Å². The van der Waals surface area contributed by atoms with E-state index in [2.05, 4.69) is 60.1 Å². The Bertz CT molecular complexity index is 2240. The molecule has 0 spiro atoms. The van der Waals surface area contributed by atoms with Gasteiger partial charge in [0.1, 0.15) is 17.5 Å². The molecule has 0 aliphatic rings. The molecule has 0 unspecified atom stereocenters. The van der Waals surface area contributed by atoms with Gasteiger partial charge in [-0.05, 0) is 47.5 Å². The number of ether oxygens (including phenoxy) is 2. The Morgan fingerprint density at radius 3 is 2.11 bits per heavy atom. The molecule has 276 valence electrons. The van der Waals surface area contributed by atoms with Gasteiger partial charge in [0.2, 0.25) is 5.88 Å². The largest absolute Gasteiger partial charge is 0.480 e. The molecule has 2 heterocycles. The third-order valence-electron chi connectivity index (χ3n) is 8.87. The lowest BCUT2D eigenvalue weighted by molar-refractivity contribution is -0.189. The van der Waals surface area contributed by atoms with Crippen LogP contribution in [0.1, 0.15) is 40.4 Å². The van der Waals surface area contributed by atoms with E-state index in [0.29, 0.717) is 5.82 Å². The SMILES string of the molecule is CCn1c(CO[Si](c2ccccc2)(c2ccccc2)C(C)(C)C)nn(-c2cc(O[C@@H](C)C(F)(F)F)c3c(Oc4c(F)cccc4Cl)ncnc3c2)c1=O. The van der Waals surface area contributed by atoms with Gasteiger partial charge in [0.25, 0.3) is 8.32 Å². The number of hydrogen-bond donors (Lipinski definition) is 0. The summed E-state index contributed by atoms with van der Waals surface area (Å²) in [6, 6.07) is 26.5. The number of hydrogen-bond acceptors (Lipinski definition) is 7. The van der Waals surface area contributed by atoms with Gasteiger partial charge < -0.3 is 13.9 Å². The van der Waals surface area contributed by atoms with E-state index >= 15 is 0 Å². The molecule has 0 saturated carbocycles. The van der Waals surface area contributed by atoms with Crippen LogP contribution < -0.4 is 25.5 Å². The Balaban J connectivity index is 1.48. The second-order valence-electron chi connectivity index (χ2n) is 13.3. The molecule has 2 aromatic heterocycles. The summed E-state index contributed by atoms with van der Waals surface area (Å²) in [5.41, 5.74) is -0.474. The number of nitrogens with zero attached hydrogens (tertiary/aromatic N) is 5. The molecule has 4 aromatic carbocycles. The molecule has 0 amide bonds. The molecule has 6 aromatic rings. The number of aromatic nitrogens is 5. The average molecular weight is 766 g/mol. The van der Waals surface area contributed by atoms with Gasteiger partial charge in [-0.3, -0.25) is 4.57 Å². The van der Waals surface area contributed by atoms with E-state index in [0.717, 1.165) is 34.4 Å². The quantitative estimate of drug-likeness (QED) is 0.0976. The lowest BCUT2D eigenvalue weighted by atomic mass is 10.2. The van der Waals surface area contributed by atoms with E-state index in [1.165, 1.54) is 28.8 Å². The number of alkyl halides is 3. The topological polar surface area (TPSA) is 93.3 Å². The van der Waals surface area contributed by atoms with Gasteiger partial charge in [-0.25, -0.2) is 19.2 Å². The average Bonchev–Trinajstić information content (AvgIpc) is 3.44. The highest BCUT2D eigenvalue weighted by atomic mass is 35.5. The summed E-state index contributed by atoms with van der Waals surface area (Å²) < 4.78 is 77.0. The van der Waals surface area contributed by atoms with Crippen LogP contribution >= 0.6 is 11.6 Å². The number of fused-ring (bicyclic) bond motifs is 1. The predicted octanol–water partition coefficient (Wildman–Crippen LogP) is 7.99. The first kappa shape index (κ1) is 37.7. The summed E-state index contributed by atoms with van der Waals surface area (Å²) in [7, 11) is -3.04. The van der Waals surface area contributed by atoms with Crippen LogP contribution in [0.2, 0.25) is 10.1 Å². The Morgan fingerprint density at radius 1 is 0.906 bits per heavy atom. The van der Waals surface area contributed by atoms with Gasteiger partial charge in [-0.1, -0.05) is 99.1 Å². The molecule has 6 rings (SSSR count). The lowest BCUT2D eigenvalue weighted by Gasteiger charge is -2.42. The number of benzene rings is 4. The van der Waals surface area contributed by atoms with Crippen LogP contribution in [0, 0.1) is 5.82 Å². The maximum absolute atomic E-state index is 14.7. The van der Waals surface area contributed by atoms with Crippen molar-refractivity contribution in [3.05, 3.63) is 124 Å². The van der Waals surface area contributed by atoms with Crippen LogP contribution in [0.5, 0.6) is 17.4 Å². The van der Waals surface area contributed by atoms with Crippen molar-refractivity contribution < 1.29 is 31.5 Å². The van der Waals surface area contributed by atoms with Crippen LogP contribution in [-0.2, 0) is 17.6 Å². The molecule has 53 heavy (non-hydrogen) atoms. The van der Waals surface area contributed by atoms with E-state index < -0.39 is 37.9 Å². The fraction of sp³-hybridized carbons (Fsp3) is 0.263. The molecule has 0 N–H and O–H groups in total. The maximum Gasteiger partial charge on any atom is 0.425 e. The van der Waals surface area contributed by atoms with Crippen molar-refractivity contribution in [3.63, 3.8) is 0 Å². The Labute approximate surface area is 308 Å². The molecule has 1 atom stereocenters. The normalized spacial score (nSPS) is 12.9. The third kappa shape index (κ3) is 7.30. The van der Waals surface area contributed by atoms with Crippen molar-refractivity contribution >= 4 is 41.2 Å². The van der Waals surface area contributed by atoms with E-state index in [-0.39, 0.29) is 51.4 Å². The fourth-order valence-corrected chi connectivity index (χ4v) is 11.0. The monoisotopic (exact) mass is 765 g/mol. The summed E-state index contributed by atoms with van der Waals surface area (Å²) >= 11 is 6.17. The molecular weight excluding hydrogens is 730 g/mol. The van der Waals surface area contributed by atoms with Gasteiger partial charge in [0.15, 0.2) is 23.5 Å². The maximum atomic E-state index is 14.7. The summed E-state index contributed by atoms with van der Waals surface area (Å²) in [5, 5.41) is 6.17. The van der Waals surface area contributed by atoms with Gasteiger partial charge in [-0.15, -0.1) is 5.10 Å². The highest BCUT2D eigenvalue weighted by Crippen LogP contribution is 2.40. The van der Waals surface area contributed by atoms with Crippen LogP contribution in [0.3, 0.4) is 0 Å². The van der Waals surface area contributed by atoms with Crippen molar-refractivity contribution in [1.29, 1.82) is 0 Å². The van der Waals surface area contributed by atoms with Crippen molar-refractivity contribution in [3.8, 4) is 23.1 Å². The van der Waals surface area contributed by atoms with Crippen LogP contribution in [0.15, 0.2) is 102 Å². The van der Waals surface area contributed by atoms with E-state index in [4.69, 9.17) is 25.5 Å². The van der Waals surface area contributed by atoms with Crippen molar-refractivity contribution in [1.82, 2.24) is 24.3 Å². The summed E-state index contributed by atoms with van der Waals surface area (Å²) in [4.78, 5) is 22.3. The van der Waals surface area contributed by atoms with Crippen molar-refractivity contribution in [2.45, 2.75) is 65.1 Å². The minimum absolute atomic E-state index is 0.0346. The molecule has 0 aliphatic heterocycles. The third-order valence-corrected chi connectivity index (χ3v) is 14.1. The van der Waals surface area contributed by atoms with Crippen molar-refractivity contribution in [2.75, 3.05) is 0 Å². The number of para-hydroxylation sites is 1. The zero-order valence-corrected chi connectivity index (χ0v) is 31.2. The lowest BCUT2D eigenvalue weighted by Crippen LogP contribution is -2.66. The molecule has 0 fully saturated rings. The first-order valence-electron chi connectivity index (χ1n) is 16.7. The van der Waals surface area contributed by atoms with Crippen LogP contribution in [0.4, 0.5) is 17.6 Å². The number of halogens is 5. The molecule has 0 aliphatic carbocycles. The first-order chi connectivity index (χ1) is 25.2. The predicted molar refractivity (Wildman–Crippen MR) is 197 cm³/mol. The molecule has 0 saturated heterocycles. The van der Waals surface area contributed by atoms with Crippen LogP contribution in [-0.4, -0.2) is 44.9 Å².